The summed E-state index contributed by atoms with van der Waals surface area (Å²) in [5, 5.41) is 0.656. The van der Waals surface area contributed by atoms with E-state index < -0.39 is 0 Å². The fourth-order valence-electron chi connectivity index (χ4n) is 0.727. The summed E-state index contributed by atoms with van der Waals surface area (Å²) in [4.78, 5) is 4.33. The molecule has 64 valence electrons. The molecule has 0 heterocycles. The lowest BCUT2D eigenvalue weighted by Crippen LogP contribution is -2.16. The Bertz CT molecular complexity index is 150. The smallest absolute Gasteiger partial charge is 0.104 e. The average Bonchev–Trinajstić information content (AvgIpc) is 2.67. The molecule has 2 N–H and O–H groups in total. The SMILES string of the molecule is CC(C)SCC(N)=NC1CC1. The topological polar surface area (TPSA) is 38.4 Å². The molecule has 0 unspecified atom stereocenters. The zero-order valence-corrected chi connectivity index (χ0v) is 8.03. The van der Waals surface area contributed by atoms with Crippen LogP contribution in [0, 0.1) is 0 Å². The Kier molecular flexibility index (Phi) is 3.24. The number of rotatable bonds is 4. The molecule has 0 radical (unpaired) electrons. The summed E-state index contributed by atoms with van der Waals surface area (Å²) in [6, 6.07) is 0.572. The lowest BCUT2D eigenvalue weighted by molar-refractivity contribution is 1.06. The first kappa shape index (κ1) is 8.91. The Morgan fingerprint density at radius 2 is 2.27 bits per heavy atom. The van der Waals surface area contributed by atoms with Crippen molar-refractivity contribution in [1.29, 1.82) is 0 Å². The quantitative estimate of drug-likeness (QED) is 0.517. The van der Waals surface area contributed by atoms with Gasteiger partial charge in [-0.2, -0.15) is 11.8 Å². The van der Waals surface area contributed by atoms with E-state index in [0.717, 1.165) is 11.6 Å². The second kappa shape index (κ2) is 4.00. The van der Waals surface area contributed by atoms with Gasteiger partial charge in [0.15, 0.2) is 0 Å². The van der Waals surface area contributed by atoms with Crippen molar-refractivity contribution in [1.82, 2.24) is 0 Å². The number of hydrogen-bond acceptors (Lipinski definition) is 2. The van der Waals surface area contributed by atoms with Crippen LogP contribution in [-0.4, -0.2) is 22.9 Å². The van der Waals surface area contributed by atoms with E-state index in [4.69, 9.17) is 5.73 Å². The van der Waals surface area contributed by atoms with Crippen LogP contribution in [0.2, 0.25) is 0 Å². The molecule has 0 amide bonds. The van der Waals surface area contributed by atoms with Crippen molar-refractivity contribution in [3.05, 3.63) is 0 Å². The summed E-state index contributed by atoms with van der Waals surface area (Å²) >= 11 is 1.85. The third-order valence-corrected chi connectivity index (χ3v) is 2.59. The molecule has 3 heteroatoms. The number of hydrogen-bond donors (Lipinski definition) is 1. The summed E-state index contributed by atoms with van der Waals surface area (Å²) < 4.78 is 0. The van der Waals surface area contributed by atoms with Crippen LogP contribution in [0.15, 0.2) is 4.99 Å². The molecular formula is C8H16N2S. The van der Waals surface area contributed by atoms with Crippen molar-refractivity contribution in [3.8, 4) is 0 Å². The molecule has 11 heavy (non-hydrogen) atoms. The van der Waals surface area contributed by atoms with E-state index >= 15 is 0 Å². The van der Waals surface area contributed by atoms with Crippen LogP contribution in [0.25, 0.3) is 0 Å². The van der Waals surface area contributed by atoms with E-state index in [1.165, 1.54) is 12.8 Å². The van der Waals surface area contributed by atoms with Gasteiger partial charge in [-0.3, -0.25) is 4.99 Å². The van der Waals surface area contributed by atoms with Gasteiger partial charge < -0.3 is 5.73 Å². The summed E-state index contributed by atoms with van der Waals surface area (Å²) in [6.07, 6.45) is 2.49. The average molecular weight is 172 g/mol. The molecular weight excluding hydrogens is 156 g/mol. The van der Waals surface area contributed by atoms with Crippen LogP contribution in [-0.2, 0) is 0 Å². The molecule has 0 bridgehead atoms. The minimum Gasteiger partial charge on any atom is -0.387 e. The summed E-state index contributed by atoms with van der Waals surface area (Å²) in [5.74, 6) is 1.72. The van der Waals surface area contributed by atoms with E-state index in [2.05, 4.69) is 18.8 Å². The minimum absolute atomic E-state index is 0.572. The standard InChI is InChI=1S/C8H16N2S/c1-6(2)11-5-8(9)10-7-3-4-7/h6-7H,3-5H2,1-2H3,(H2,9,10). The van der Waals surface area contributed by atoms with E-state index in [9.17, 15) is 0 Å². The van der Waals surface area contributed by atoms with Crippen molar-refractivity contribution >= 4 is 17.6 Å². The minimum atomic E-state index is 0.572. The summed E-state index contributed by atoms with van der Waals surface area (Å²) in [7, 11) is 0. The Morgan fingerprint density at radius 1 is 1.64 bits per heavy atom. The fourth-order valence-corrected chi connectivity index (χ4v) is 1.31. The maximum atomic E-state index is 5.69. The molecule has 1 fully saturated rings. The van der Waals surface area contributed by atoms with Gasteiger partial charge in [-0.15, -0.1) is 0 Å². The molecule has 2 nitrogen and oxygen atoms in total. The predicted octanol–water partition coefficient (Wildman–Crippen LogP) is 1.65. The van der Waals surface area contributed by atoms with E-state index in [1.54, 1.807) is 0 Å². The normalized spacial score (nSPS) is 19.4. The third-order valence-electron chi connectivity index (χ3n) is 1.46. The van der Waals surface area contributed by atoms with Crippen LogP contribution < -0.4 is 5.73 Å². The van der Waals surface area contributed by atoms with E-state index in [-0.39, 0.29) is 0 Å². The fraction of sp³-hybridized carbons (Fsp3) is 0.875. The largest absolute Gasteiger partial charge is 0.387 e. The van der Waals surface area contributed by atoms with Crippen LogP contribution in [0.4, 0.5) is 0 Å². The molecule has 0 atom stereocenters. The van der Waals surface area contributed by atoms with Gasteiger partial charge in [0.2, 0.25) is 0 Å². The monoisotopic (exact) mass is 172 g/mol. The molecule has 0 aromatic rings. The molecule has 0 aromatic heterocycles. The highest BCUT2D eigenvalue weighted by Gasteiger charge is 2.20. The Balaban J connectivity index is 2.13. The molecule has 1 rings (SSSR count). The second-order valence-corrected chi connectivity index (χ2v) is 4.78. The van der Waals surface area contributed by atoms with Crippen LogP contribution >= 0.6 is 11.8 Å². The van der Waals surface area contributed by atoms with E-state index in [0.29, 0.717) is 11.3 Å². The first-order chi connectivity index (χ1) is 5.18. The Labute approximate surface area is 72.6 Å². The molecule has 1 aliphatic carbocycles. The van der Waals surface area contributed by atoms with Crippen molar-refractivity contribution in [2.75, 3.05) is 5.75 Å². The first-order valence-corrected chi connectivity index (χ1v) is 5.17. The Hall–Kier alpha value is -0.180. The van der Waals surface area contributed by atoms with Crippen molar-refractivity contribution in [2.45, 2.75) is 38.0 Å². The molecule has 0 saturated heterocycles. The highest BCUT2D eigenvalue weighted by atomic mass is 32.2. The predicted molar refractivity (Wildman–Crippen MR) is 52.2 cm³/mol. The van der Waals surface area contributed by atoms with Crippen LogP contribution in [0.1, 0.15) is 26.7 Å². The van der Waals surface area contributed by atoms with Gasteiger partial charge in [-0.05, 0) is 18.1 Å². The maximum absolute atomic E-state index is 5.69. The highest BCUT2D eigenvalue weighted by molar-refractivity contribution is 8.00. The highest BCUT2D eigenvalue weighted by Crippen LogP contribution is 2.23. The lowest BCUT2D eigenvalue weighted by atomic mass is 10.6. The number of nitrogens with zero attached hydrogens (tertiary/aromatic N) is 1. The Morgan fingerprint density at radius 3 is 2.73 bits per heavy atom. The van der Waals surface area contributed by atoms with Gasteiger partial charge in [0.1, 0.15) is 5.84 Å². The van der Waals surface area contributed by atoms with Crippen molar-refractivity contribution in [3.63, 3.8) is 0 Å². The van der Waals surface area contributed by atoms with Gasteiger partial charge in [-0.25, -0.2) is 0 Å². The molecule has 1 aliphatic rings. The first-order valence-electron chi connectivity index (χ1n) is 4.12. The van der Waals surface area contributed by atoms with Gasteiger partial charge in [0.25, 0.3) is 0 Å². The van der Waals surface area contributed by atoms with Gasteiger partial charge >= 0.3 is 0 Å². The van der Waals surface area contributed by atoms with Crippen molar-refractivity contribution in [2.24, 2.45) is 10.7 Å². The number of thioether (sulfide) groups is 1. The molecule has 1 saturated carbocycles. The maximum Gasteiger partial charge on any atom is 0.104 e. The lowest BCUT2D eigenvalue weighted by Gasteiger charge is -2.03. The summed E-state index contributed by atoms with van der Waals surface area (Å²) in [6.45, 7) is 4.35. The number of amidine groups is 1. The number of nitrogens with two attached hydrogens (primary N) is 1. The second-order valence-electron chi connectivity index (χ2n) is 3.21. The van der Waals surface area contributed by atoms with Crippen LogP contribution in [0.3, 0.4) is 0 Å². The molecule has 0 spiro atoms. The molecule has 0 aromatic carbocycles. The zero-order chi connectivity index (χ0) is 8.27. The van der Waals surface area contributed by atoms with Gasteiger partial charge in [0, 0.05) is 0 Å². The van der Waals surface area contributed by atoms with Crippen LogP contribution in [0.5, 0.6) is 0 Å². The third kappa shape index (κ3) is 4.30. The van der Waals surface area contributed by atoms with E-state index in [1.807, 2.05) is 11.8 Å². The number of aliphatic imine (C=N–C) groups is 1. The summed E-state index contributed by atoms with van der Waals surface area (Å²) in [5.41, 5.74) is 5.69. The van der Waals surface area contributed by atoms with Gasteiger partial charge in [0.05, 0.1) is 11.8 Å². The van der Waals surface area contributed by atoms with Gasteiger partial charge in [-0.1, -0.05) is 13.8 Å². The van der Waals surface area contributed by atoms with Crippen molar-refractivity contribution < 1.29 is 0 Å². The molecule has 0 aliphatic heterocycles. The zero-order valence-electron chi connectivity index (χ0n) is 7.21.